The summed E-state index contributed by atoms with van der Waals surface area (Å²) in [5.41, 5.74) is -0.681. The maximum absolute atomic E-state index is 14.7. The van der Waals surface area contributed by atoms with Crippen molar-refractivity contribution in [3.63, 3.8) is 0 Å². The van der Waals surface area contributed by atoms with Crippen molar-refractivity contribution < 1.29 is 18.3 Å². The molecule has 156 valence electrons. The molecule has 1 aliphatic heterocycles. The van der Waals surface area contributed by atoms with Gasteiger partial charge in [0.25, 0.3) is 0 Å². The van der Waals surface area contributed by atoms with Gasteiger partial charge in [0.1, 0.15) is 17.2 Å². The van der Waals surface area contributed by atoms with E-state index in [9.17, 15) is 8.78 Å². The molecule has 0 radical (unpaired) electrons. The molecular weight excluding hydrogens is 400 g/mol. The molecule has 0 spiro atoms. The Morgan fingerprint density at radius 2 is 1.90 bits per heavy atom. The first kappa shape index (κ1) is 21.5. The monoisotopic (exact) mass is 423 g/mol. The van der Waals surface area contributed by atoms with Gasteiger partial charge in [-0.3, -0.25) is 0 Å². The van der Waals surface area contributed by atoms with E-state index in [2.05, 4.69) is 5.18 Å². The zero-order valence-corrected chi connectivity index (χ0v) is 17.1. The molecule has 0 N–H and O–H groups in total. The average Bonchev–Trinajstić information content (AvgIpc) is 2.73. The smallest absolute Gasteiger partial charge is 0.165 e. The SMILES string of the molecule is CCCN=O.Fc1ccc(F)c2c1OCC1CCCC[C@@]21Oc1ccc(Cl)cc1. The van der Waals surface area contributed by atoms with Crippen molar-refractivity contribution in [3.8, 4) is 11.5 Å². The molecule has 0 aromatic heterocycles. The number of nitroso groups, excluding NO2 is 1. The van der Waals surface area contributed by atoms with Gasteiger partial charge in [-0.15, -0.1) is 0 Å². The highest BCUT2D eigenvalue weighted by Crippen LogP contribution is 2.52. The molecule has 2 aromatic rings. The van der Waals surface area contributed by atoms with Crippen LogP contribution in [-0.2, 0) is 5.60 Å². The van der Waals surface area contributed by atoms with Crippen LogP contribution in [-0.4, -0.2) is 13.2 Å². The average molecular weight is 424 g/mol. The van der Waals surface area contributed by atoms with Crippen molar-refractivity contribution in [2.24, 2.45) is 11.1 Å². The number of benzene rings is 2. The van der Waals surface area contributed by atoms with Gasteiger partial charge in [0.05, 0.1) is 18.7 Å². The van der Waals surface area contributed by atoms with Crippen LogP contribution in [0.3, 0.4) is 0 Å². The van der Waals surface area contributed by atoms with E-state index in [-0.39, 0.29) is 17.2 Å². The van der Waals surface area contributed by atoms with E-state index in [1.807, 2.05) is 6.92 Å². The Hall–Kier alpha value is -2.21. The van der Waals surface area contributed by atoms with Crippen molar-refractivity contribution in [1.82, 2.24) is 0 Å². The number of fused-ring (bicyclic) bond motifs is 3. The Balaban J connectivity index is 0.000000431. The van der Waals surface area contributed by atoms with Gasteiger partial charge in [0, 0.05) is 10.9 Å². The molecule has 1 aliphatic carbocycles. The normalized spacial score (nSPS) is 22.3. The van der Waals surface area contributed by atoms with Gasteiger partial charge < -0.3 is 9.47 Å². The van der Waals surface area contributed by atoms with Crippen molar-refractivity contribution in [2.45, 2.75) is 44.6 Å². The first-order valence-electron chi connectivity index (χ1n) is 9.86. The molecule has 4 nitrogen and oxygen atoms in total. The summed E-state index contributed by atoms with van der Waals surface area (Å²) < 4.78 is 40.8. The fraction of sp³-hybridized carbons (Fsp3) is 0.455. The second-order valence-electron chi connectivity index (χ2n) is 7.29. The molecule has 29 heavy (non-hydrogen) atoms. The van der Waals surface area contributed by atoms with Gasteiger partial charge in [0.2, 0.25) is 0 Å². The minimum Gasteiger partial charge on any atom is -0.489 e. The number of halogens is 3. The number of hydrogen-bond donors (Lipinski definition) is 0. The lowest BCUT2D eigenvalue weighted by atomic mass is 9.70. The standard InChI is InChI=1S/C19H17ClF2O2.C3H7NO/c20-13-4-6-14(7-5-13)24-19-10-2-1-3-12(19)11-23-18-16(22)9-8-15(21)17(18)19;1-2-3-4-5/h4-9,12H,1-3,10-11H2;2-3H2,1H3/t12?,19-;/m0./s1. The molecule has 1 fully saturated rings. The lowest BCUT2D eigenvalue weighted by Crippen LogP contribution is -2.49. The Morgan fingerprint density at radius 3 is 2.55 bits per heavy atom. The van der Waals surface area contributed by atoms with Crippen LogP contribution in [0.2, 0.25) is 5.02 Å². The Morgan fingerprint density at radius 1 is 1.17 bits per heavy atom. The summed E-state index contributed by atoms with van der Waals surface area (Å²) in [6, 6.07) is 9.24. The second-order valence-corrected chi connectivity index (χ2v) is 7.72. The number of ether oxygens (including phenoxy) is 2. The molecule has 7 heteroatoms. The van der Waals surface area contributed by atoms with E-state index in [0.717, 1.165) is 37.8 Å². The van der Waals surface area contributed by atoms with E-state index in [1.54, 1.807) is 24.3 Å². The summed E-state index contributed by atoms with van der Waals surface area (Å²) in [5.74, 6) is -0.447. The van der Waals surface area contributed by atoms with Gasteiger partial charge in [-0.2, -0.15) is 4.91 Å². The number of rotatable bonds is 4. The van der Waals surface area contributed by atoms with Gasteiger partial charge in [-0.1, -0.05) is 30.1 Å². The molecule has 4 rings (SSSR count). The Bertz CT molecular complexity index is 847. The first-order chi connectivity index (χ1) is 14.0. The van der Waals surface area contributed by atoms with Gasteiger partial charge in [0.15, 0.2) is 11.6 Å². The molecule has 0 bridgehead atoms. The van der Waals surface area contributed by atoms with E-state index in [0.29, 0.717) is 30.3 Å². The predicted molar refractivity (Wildman–Crippen MR) is 109 cm³/mol. The highest BCUT2D eigenvalue weighted by molar-refractivity contribution is 6.30. The van der Waals surface area contributed by atoms with Gasteiger partial charge in [-0.25, -0.2) is 8.78 Å². The Labute approximate surface area is 174 Å². The molecule has 2 aromatic carbocycles. The topological polar surface area (TPSA) is 47.9 Å². The fourth-order valence-corrected chi connectivity index (χ4v) is 4.13. The zero-order chi connectivity index (χ0) is 20.9. The van der Waals surface area contributed by atoms with E-state index in [4.69, 9.17) is 26.0 Å². The number of hydrogen-bond acceptors (Lipinski definition) is 4. The van der Waals surface area contributed by atoms with Crippen LogP contribution >= 0.6 is 11.6 Å². The minimum absolute atomic E-state index is 0.00859. The predicted octanol–water partition coefficient (Wildman–Crippen LogP) is 6.64. The highest BCUT2D eigenvalue weighted by Gasteiger charge is 2.51. The molecule has 0 amide bonds. The van der Waals surface area contributed by atoms with E-state index in [1.165, 1.54) is 0 Å². The van der Waals surface area contributed by atoms with Gasteiger partial charge in [-0.05, 0) is 62.1 Å². The van der Waals surface area contributed by atoms with Crippen LogP contribution in [0.5, 0.6) is 11.5 Å². The quantitative estimate of drug-likeness (QED) is 0.518. The first-order valence-corrected chi connectivity index (χ1v) is 10.2. The molecule has 1 saturated carbocycles. The highest BCUT2D eigenvalue weighted by atomic mass is 35.5. The van der Waals surface area contributed by atoms with Crippen LogP contribution in [0.1, 0.15) is 44.6 Å². The maximum Gasteiger partial charge on any atom is 0.165 e. The molecular formula is C22H24ClF2NO3. The van der Waals surface area contributed by atoms with Crippen molar-refractivity contribution in [1.29, 1.82) is 0 Å². The molecule has 2 aliphatic rings. The molecule has 0 saturated heterocycles. The van der Waals surface area contributed by atoms with E-state index >= 15 is 0 Å². The van der Waals surface area contributed by atoms with Crippen LogP contribution in [0.15, 0.2) is 41.6 Å². The van der Waals surface area contributed by atoms with Crippen molar-refractivity contribution in [2.75, 3.05) is 13.2 Å². The molecule has 2 atom stereocenters. The minimum atomic E-state index is -0.897. The largest absolute Gasteiger partial charge is 0.489 e. The van der Waals surface area contributed by atoms with Gasteiger partial charge >= 0.3 is 0 Å². The Kier molecular flexibility index (Phi) is 7.06. The van der Waals surface area contributed by atoms with Crippen LogP contribution in [0.4, 0.5) is 8.78 Å². The maximum atomic E-state index is 14.7. The van der Waals surface area contributed by atoms with Crippen LogP contribution < -0.4 is 9.47 Å². The lowest BCUT2D eigenvalue weighted by molar-refractivity contribution is -0.0676. The molecule has 1 heterocycles. The third-order valence-electron chi connectivity index (χ3n) is 5.35. The summed E-state index contributed by atoms with van der Waals surface area (Å²) in [7, 11) is 0. The van der Waals surface area contributed by atoms with Crippen LogP contribution in [0.25, 0.3) is 0 Å². The summed E-state index contributed by atoms with van der Waals surface area (Å²) in [6.07, 6.45) is 4.30. The second kappa shape index (κ2) is 9.53. The summed E-state index contributed by atoms with van der Waals surface area (Å²) >= 11 is 5.93. The summed E-state index contributed by atoms with van der Waals surface area (Å²) in [4.78, 5) is 9.15. The van der Waals surface area contributed by atoms with Crippen molar-refractivity contribution >= 4 is 11.6 Å². The van der Waals surface area contributed by atoms with E-state index < -0.39 is 17.2 Å². The van der Waals surface area contributed by atoms with Crippen LogP contribution in [0, 0.1) is 22.5 Å². The zero-order valence-electron chi connectivity index (χ0n) is 16.3. The third kappa shape index (κ3) is 4.53. The molecule has 1 unspecified atom stereocenters. The summed E-state index contributed by atoms with van der Waals surface area (Å²) in [6.45, 7) is 2.71. The fourth-order valence-electron chi connectivity index (χ4n) is 4.00. The summed E-state index contributed by atoms with van der Waals surface area (Å²) in [5, 5.41) is 3.21. The lowest BCUT2D eigenvalue weighted by Gasteiger charge is -2.47. The third-order valence-corrected chi connectivity index (χ3v) is 5.60. The number of nitrogens with zero attached hydrogens (tertiary/aromatic N) is 1. The van der Waals surface area contributed by atoms with Crippen molar-refractivity contribution in [3.05, 3.63) is 63.5 Å².